The minimum atomic E-state index is 0.921. The molecule has 84 valence electrons. The fraction of sp³-hybridized carbons (Fsp3) is 0.455. The zero-order chi connectivity index (χ0) is 11.3. The summed E-state index contributed by atoms with van der Waals surface area (Å²) in [6.45, 7) is 5.19. The summed E-state index contributed by atoms with van der Waals surface area (Å²) in [6, 6.07) is 6.57. The predicted molar refractivity (Wildman–Crippen MR) is 65.1 cm³/mol. The molecular formula is C11H18N2OS. The third-order valence-corrected chi connectivity index (χ3v) is 2.98. The zero-order valence-corrected chi connectivity index (χ0v) is 10.3. The van der Waals surface area contributed by atoms with Crippen LogP contribution in [-0.4, -0.2) is 17.9 Å². The summed E-state index contributed by atoms with van der Waals surface area (Å²) in [7, 11) is 1.96. The smallest absolute Gasteiger partial charge is 0.104 e. The summed E-state index contributed by atoms with van der Waals surface area (Å²) in [5.41, 5.74) is 4.03. The summed E-state index contributed by atoms with van der Waals surface area (Å²) >= 11 is 1.17. The average molecular weight is 226 g/mol. The highest BCUT2D eigenvalue weighted by atomic mass is 32.2. The zero-order valence-electron chi connectivity index (χ0n) is 9.49. The van der Waals surface area contributed by atoms with Gasteiger partial charge < -0.3 is 0 Å². The molecule has 3 nitrogen and oxygen atoms in total. The molecule has 15 heavy (non-hydrogen) atoms. The topological polar surface area (TPSA) is 38.5 Å². The van der Waals surface area contributed by atoms with Crippen molar-refractivity contribution >= 4 is 12.2 Å². The Hall–Kier alpha value is -0.550. The van der Waals surface area contributed by atoms with E-state index in [1.165, 1.54) is 28.9 Å². The van der Waals surface area contributed by atoms with Crippen LogP contribution in [-0.2, 0) is 10.7 Å². The monoisotopic (exact) mass is 226 g/mol. The molecule has 0 bridgehead atoms. The highest BCUT2D eigenvalue weighted by Crippen LogP contribution is 2.12. The van der Waals surface area contributed by atoms with E-state index in [0.29, 0.717) is 0 Å². The maximum absolute atomic E-state index is 4.96. The van der Waals surface area contributed by atoms with Gasteiger partial charge in [-0.05, 0) is 44.0 Å². The summed E-state index contributed by atoms with van der Waals surface area (Å²) in [4.78, 5) is 0. The lowest BCUT2D eigenvalue weighted by Gasteiger charge is -2.12. The molecule has 0 fully saturated rings. The molecule has 0 heterocycles. The van der Waals surface area contributed by atoms with Crippen LogP contribution in [0.4, 0.5) is 0 Å². The van der Waals surface area contributed by atoms with E-state index in [0.717, 1.165) is 13.0 Å². The third kappa shape index (κ3) is 4.22. The quantitative estimate of drug-likeness (QED) is 0.475. The van der Waals surface area contributed by atoms with Gasteiger partial charge in [-0.2, -0.15) is 0 Å². The lowest BCUT2D eigenvalue weighted by Crippen LogP contribution is -2.14. The van der Waals surface area contributed by atoms with Crippen LogP contribution < -0.4 is 5.90 Å². The maximum Gasteiger partial charge on any atom is 0.104 e. The maximum atomic E-state index is 4.96. The molecule has 0 spiro atoms. The van der Waals surface area contributed by atoms with Gasteiger partial charge in [0.1, 0.15) is 12.2 Å². The largest absolute Gasteiger partial charge is 0.228 e. The van der Waals surface area contributed by atoms with E-state index >= 15 is 0 Å². The van der Waals surface area contributed by atoms with Gasteiger partial charge in [-0.15, -0.1) is 0 Å². The number of likely N-dealkylation sites (N-methyl/N-ethyl adjacent to an activating group) is 1. The van der Waals surface area contributed by atoms with E-state index < -0.39 is 0 Å². The van der Waals surface area contributed by atoms with E-state index in [9.17, 15) is 0 Å². The van der Waals surface area contributed by atoms with Crippen LogP contribution >= 0.6 is 12.2 Å². The SMILES string of the molecule is Cc1ccc(CCN(C)SON)cc1C. The number of hydrogen-bond donors (Lipinski definition) is 1. The molecule has 0 atom stereocenters. The van der Waals surface area contributed by atoms with Crippen LogP contribution in [0.15, 0.2) is 18.2 Å². The van der Waals surface area contributed by atoms with Crippen molar-refractivity contribution in [3.05, 3.63) is 34.9 Å². The third-order valence-electron chi connectivity index (χ3n) is 2.46. The summed E-state index contributed by atoms with van der Waals surface area (Å²) in [5.74, 6) is 4.96. The molecule has 1 aromatic rings. The molecule has 0 saturated heterocycles. The molecule has 0 aliphatic carbocycles. The molecule has 0 unspecified atom stereocenters. The number of rotatable bonds is 5. The number of nitrogens with zero attached hydrogens (tertiary/aromatic N) is 1. The predicted octanol–water partition coefficient (Wildman–Crippen LogP) is 2.23. The average Bonchev–Trinajstić information content (AvgIpc) is 2.20. The van der Waals surface area contributed by atoms with Crippen LogP contribution in [0.3, 0.4) is 0 Å². The Bertz CT molecular complexity index is 317. The molecule has 4 heteroatoms. The minimum Gasteiger partial charge on any atom is -0.228 e. The summed E-state index contributed by atoms with van der Waals surface area (Å²) in [5, 5.41) is 0. The van der Waals surface area contributed by atoms with E-state index in [4.69, 9.17) is 5.90 Å². The standard InChI is InChI=1S/C11H18N2OS/c1-9-4-5-11(8-10(9)2)6-7-13(3)15-14-12/h4-5,8H,6-7,12H2,1-3H3. The van der Waals surface area contributed by atoms with Crippen molar-refractivity contribution < 1.29 is 4.28 Å². The molecule has 0 amide bonds. The second-order valence-electron chi connectivity index (χ2n) is 3.69. The Morgan fingerprint density at radius 3 is 2.67 bits per heavy atom. The Balaban J connectivity index is 2.47. The highest BCUT2D eigenvalue weighted by molar-refractivity contribution is 7.92. The van der Waals surface area contributed by atoms with Gasteiger partial charge in [-0.3, -0.25) is 0 Å². The van der Waals surface area contributed by atoms with Crippen molar-refractivity contribution in [3.8, 4) is 0 Å². The van der Waals surface area contributed by atoms with Crippen molar-refractivity contribution in [2.75, 3.05) is 13.6 Å². The van der Waals surface area contributed by atoms with Gasteiger partial charge in [0, 0.05) is 6.54 Å². The number of aryl methyl sites for hydroxylation is 2. The molecule has 0 radical (unpaired) electrons. The van der Waals surface area contributed by atoms with Crippen molar-refractivity contribution in [2.24, 2.45) is 5.90 Å². The van der Waals surface area contributed by atoms with Crippen LogP contribution in [0, 0.1) is 13.8 Å². The van der Waals surface area contributed by atoms with E-state index in [2.05, 4.69) is 36.3 Å². The molecule has 0 aliphatic rings. The van der Waals surface area contributed by atoms with Crippen molar-refractivity contribution in [2.45, 2.75) is 20.3 Å². The number of nitrogens with two attached hydrogens (primary N) is 1. The Kier molecular flexibility index (Phi) is 5.11. The van der Waals surface area contributed by atoms with Crippen molar-refractivity contribution in [3.63, 3.8) is 0 Å². The van der Waals surface area contributed by atoms with Gasteiger partial charge in [0.15, 0.2) is 0 Å². The van der Waals surface area contributed by atoms with Gasteiger partial charge in [0.2, 0.25) is 0 Å². The van der Waals surface area contributed by atoms with Crippen LogP contribution in [0.25, 0.3) is 0 Å². The second-order valence-corrected chi connectivity index (χ2v) is 4.66. The van der Waals surface area contributed by atoms with E-state index in [1.54, 1.807) is 0 Å². The van der Waals surface area contributed by atoms with Crippen LogP contribution in [0.1, 0.15) is 16.7 Å². The normalized spacial score (nSPS) is 11.0. The molecule has 1 rings (SSSR count). The van der Waals surface area contributed by atoms with E-state index in [1.807, 2.05) is 11.4 Å². The molecule has 0 aliphatic heterocycles. The van der Waals surface area contributed by atoms with Crippen LogP contribution in [0.2, 0.25) is 0 Å². The first kappa shape index (κ1) is 12.5. The van der Waals surface area contributed by atoms with Gasteiger partial charge in [-0.1, -0.05) is 18.2 Å². The first-order valence-corrected chi connectivity index (χ1v) is 5.64. The van der Waals surface area contributed by atoms with Crippen molar-refractivity contribution in [1.82, 2.24) is 4.31 Å². The molecule has 0 saturated carbocycles. The number of hydrogen-bond acceptors (Lipinski definition) is 4. The van der Waals surface area contributed by atoms with Crippen LogP contribution in [0.5, 0.6) is 0 Å². The summed E-state index contributed by atoms with van der Waals surface area (Å²) in [6.07, 6.45) is 1.01. The fourth-order valence-corrected chi connectivity index (χ4v) is 1.67. The Labute approximate surface area is 95.9 Å². The second kappa shape index (κ2) is 6.12. The summed E-state index contributed by atoms with van der Waals surface area (Å²) < 4.78 is 6.44. The Morgan fingerprint density at radius 1 is 1.33 bits per heavy atom. The lowest BCUT2D eigenvalue weighted by molar-refractivity contribution is 0.367. The molecule has 2 N–H and O–H groups in total. The molecule has 0 aromatic heterocycles. The van der Waals surface area contributed by atoms with Gasteiger partial charge in [0.05, 0.1) is 0 Å². The molecular weight excluding hydrogens is 208 g/mol. The lowest BCUT2D eigenvalue weighted by atomic mass is 10.0. The Morgan fingerprint density at radius 2 is 2.07 bits per heavy atom. The fourth-order valence-electron chi connectivity index (χ4n) is 1.36. The van der Waals surface area contributed by atoms with E-state index in [-0.39, 0.29) is 0 Å². The number of benzene rings is 1. The highest BCUT2D eigenvalue weighted by Gasteiger charge is 2.01. The first-order valence-electron chi connectivity index (χ1n) is 4.94. The van der Waals surface area contributed by atoms with Gasteiger partial charge >= 0.3 is 0 Å². The van der Waals surface area contributed by atoms with Gasteiger partial charge in [-0.25, -0.2) is 14.5 Å². The minimum absolute atomic E-state index is 0.921. The molecule has 1 aromatic carbocycles. The van der Waals surface area contributed by atoms with Gasteiger partial charge in [0.25, 0.3) is 0 Å². The first-order chi connectivity index (χ1) is 7.13. The van der Waals surface area contributed by atoms with Crippen molar-refractivity contribution in [1.29, 1.82) is 0 Å².